The quantitative estimate of drug-likeness (QED) is 0.807. The Balaban J connectivity index is 2.74. The number of benzene rings is 1. The minimum absolute atomic E-state index is 0.0404. The van der Waals surface area contributed by atoms with Gasteiger partial charge in [0.25, 0.3) is 0 Å². The molecule has 3 nitrogen and oxygen atoms in total. The number of aliphatic hydroxyl groups is 1. The summed E-state index contributed by atoms with van der Waals surface area (Å²) in [7, 11) is 0. The van der Waals surface area contributed by atoms with Crippen LogP contribution in [-0.2, 0) is 0 Å². The van der Waals surface area contributed by atoms with Gasteiger partial charge in [-0.25, -0.2) is 4.39 Å². The summed E-state index contributed by atoms with van der Waals surface area (Å²) in [5.41, 5.74) is -0.0883. The minimum Gasteiger partial charge on any atom is -0.488 e. The number of halogens is 1. The molecule has 0 saturated carbocycles. The van der Waals surface area contributed by atoms with E-state index in [-0.39, 0.29) is 24.3 Å². The molecule has 1 rings (SSSR count). The molecule has 0 aromatic heterocycles. The van der Waals surface area contributed by atoms with E-state index in [9.17, 15) is 9.50 Å². The summed E-state index contributed by atoms with van der Waals surface area (Å²) >= 11 is 0. The van der Waals surface area contributed by atoms with Crippen molar-refractivity contribution in [3.05, 3.63) is 29.6 Å². The summed E-state index contributed by atoms with van der Waals surface area (Å²) in [6, 6.07) is 5.04. The maximum absolute atomic E-state index is 14.0. The highest BCUT2D eigenvalue weighted by molar-refractivity contribution is 5.31. The van der Waals surface area contributed by atoms with Crippen LogP contribution in [0.3, 0.4) is 0 Å². The topological polar surface area (TPSA) is 41.5 Å². The summed E-state index contributed by atoms with van der Waals surface area (Å²) in [5, 5.41) is 13.3. The predicted octanol–water partition coefficient (Wildman–Crippen LogP) is 3.28. The van der Waals surface area contributed by atoms with Gasteiger partial charge in [-0.05, 0) is 44.0 Å². The smallest absolute Gasteiger partial charge is 0.165 e. The van der Waals surface area contributed by atoms with Crippen molar-refractivity contribution in [2.75, 3.05) is 13.2 Å². The summed E-state index contributed by atoms with van der Waals surface area (Å²) in [5.74, 6) is -0.177. The van der Waals surface area contributed by atoms with Crippen LogP contribution < -0.4 is 10.1 Å². The molecule has 0 heterocycles. The van der Waals surface area contributed by atoms with Crippen LogP contribution in [-0.4, -0.2) is 23.9 Å². The van der Waals surface area contributed by atoms with E-state index in [1.807, 2.05) is 33.8 Å². The highest BCUT2D eigenvalue weighted by atomic mass is 19.1. The number of ether oxygens (including phenoxy) is 1. The number of hydrogen-bond donors (Lipinski definition) is 2. The van der Waals surface area contributed by atoms with Gasteiger partial charge in [0.2, 0.25) is 0 Å². The highest BCUT2D eigenvalue weighted by Gasteiger charge is 2.26. The lowest BCUT2D eigenvalue weighted by atomic mass is 9.94. The lowest BCUT2D eigenvalue weighted by molar-refractivity contribution is -0.0275. The Morgan fingerprint density at radius 3 is 2.50 bits per heavy atom. The van der Waals surface area contributed by atoms with Crippen LogP contribution in [0.25, 0.3) is 0 Å². The Morgan fingerprint density at radius 2 is 2.00 bits per heavy atom. The Labute approximate surface area is 121 Å². The fraction of sp³-hybridized carbons (Fsp3) is 0.625. The molecule has 1 aromatic rings. The Bertz CT molecular complexity index is 432. The zero-order valence-corrected chi connectivity index (χ0v) is 13.0. The van der Waals surface area contributed by atoms with Crippen molar-refractivity contribution in [1.29, 1.82) is 0 Å². The van der Waals surface area contributed by atoms with Gasteiger partial charge >= 0.3 is 0 Å². The lowest BCUT2D eigenvalue weighted by Crippen LogP contribution is -2.37. The van der Waals surface area contributed by atoms with E-state index in [0.29, 0.717) is 0 Å². The first kappa shape index (κ1) is 16.9. The van der Waals surface area contributed by atoms with Gasteiger partial charge in [-0.1, -0.05) is 26.8 Å². The molecule has 0 aliphatic rings. The molecule has 2 N–H and O–H groups in total. The van der Waals surface area contributed by atoms with Crippen LogP contribution in [0.2, 0.25) is 0 Å². The van der Waals surface area contributed by atoms with E-state index in [4.69, 9.17) is 4.74 Å². The maximum atomic E-state index is 14.0. The van der Waals surface area contributed by atoms with Crippen molar-refractivity contribution < 1.29 is 14.2 Å². The van der Waals surface area contributed by atoms with Crippen molar-refractivity contribution in [3.8, 4) is 5.75 Å². The molecule has 114 valence electrons. The van der Waals surface area contributed by atoms with Gasteiger partial charge in [0.05, 0.1) is 5.60 Å². The number of rotatable bonds is 7. The van der Waals surface area contributed by atoms with E-state index < -0.39 is 11.4 Å². The molecule has 20 heavy (non-hydrogen) atoms. The molecule has 4 heteroatoms. The van der Waals surface area contributed by atoms with E-state index in [2.05, 4.69) is 5.32 Å². The van der Waals surface area contributed by atoms with Gasteiger partial charge in [-0.3, -0.25) is 0 Å². The fourth-order valence-corrected chi connectivity index (χ4v) is 1.72. The molecular weight excluding hydrogens is 257 g/mol. The maximum Gasteiger partial charge on any atom is 0.165 e. The second kappa shape index (κ2) is 7.04. The normalized spacial score (nSPS) is 16.0. The molecule has 0 bridgehead atoms. The molecule has 0 fully saturated rings. The van der Waals surface area contributed by atoms with Crippen molar-refractivity contribution in [2.24, 2.45) is 5.92 Å². The first-order valence-corrected chi connectivity index (χ1v) is 7.16. The third kappa shape index (κ3) is 4.46. The van der Waals surface area contributed by atoms with Crippen molar-refractivity contribution in [3.63, 3.8) is 0 Å². The van der Waals surface area contributed by atoms with Gasteiger partial charge in [-0.2, -0.15) is 0 Å². The molecule has 2 unspecified atom stereocenters. The molecule has 1 aromatic carbocycles. The highest BCUT2D eigenvalue weighted by Crippen LogP contribution is 2.24. The zero-order valence-electron chi connectivity index (χ0n) is 13.0. The Kier molecular flexibility index (Phi) is 5.96. The van der Waals surface area contributed by atoms with Crippen molar-refractivity contribution >= 4 is 0 Å². The van der Waals surface area contributed by atoms with E-state index in [0.717, 1.165) is 12.1 Å². The SMILES string of the molecule is CCNC(C)c1ccc(OCC(C)(O)C(C)C)c(F)c1. The molecule has 0 radical (unpaired) electrons. The van der Waals surface area contributed by atoms with Crippen molar-refractivity contribution in [2.45, 2.75) is 46.3 Å². The average Bonchev–Trinajstić information content (AvgIpc) is 2.37. The molecule has 0 aliphatic carbocycles. The summed E-state index contributed by atoms with van der Waals surface area (Å²) < 4.78 is 19.4. The van der Waals surface area contributed by atoms with Gasteiger partial charge in [-0.15, -0.1) is 0 Å². The van der Waals surface area contributed by atoms with Gasteiger partial charge in [0.1, 0.15) is 6.61 Å². The number of nitrogens with one attached hydrogen (secondary N) is 1. The Hall–Kier alpha value is -1.13. The van der Waals surface area contributed by atoms with Gasteiger partial charge < -0.3 is 15.2 Å². The molecule has 0 saturated heterocycles. The van der Waals surface area contributed by atoms with E-state index in [1.54, 1.807) is 13.0 Å². The van der Waals surface area contributed by atoms with Crippen LogP contribution >= 0.6 is 0 Å². The standard InChI is InChI=1S/C16H26FNO2/c1-6-18-12(4)13-7-8-15(14(17)9-13)20-10-16(5,19)11(2)3/h7-9,11-12,18-19H,6,10H2,1-5H3. The monoisotopic (exact) mass is 283 g/mol. The minimum atomic E-state index is -0.970. The summed E-state index contributed by atoms with van der Waals surface area (Å²) in [4.78, 5) is 0. The van der Waals surface area contributed by atoms with Crippen LogP contribution in [0.15, 0.2) is 18.2 Å². The summed E-state index contributed by atoms with van der Waals surface area (Å²) in [6.07, 6.45) is 0. The van der Waals surface area contributed by atoms with Crippen LogP contribution in [0.5, 0.6) is 5.75 Å². The van der Waals surface area contributed by atoms with Gasteiger partial charge in [0, 0.05) is 6.04 Å². The second-order valence-electron chi connectivity index (χ2n) is 5.77. The summed E-state index contributed by atoms with van der Waals surface area (Å²) in [6.45, 7) is 10.4. The predicted molar refractivity (Wildman–Crippen MR) is 79.4 cm³/mol. The third-order valence-electron chi connectivity index (χ3n) is 3.73. The molecule has 0 spiro atoms. The zero-order chi connectivity index (χ0) is 15.3. The average molecular weight is 283 g/mol. The van der Waals surface area contributed by atoms with Gasteiger partial charge in [0.15, 0.2) is 11.6 Å². The van der Waals surface area contributed by atoms with Crippen LogP contribution in [0.1, 0.15) is 46.2 Å². The van der Waals surface area contributed by atoms with E-state index >= 15 is 0 Å². The molecular formula is C16H26FNO2. The molecule has 2 atom stereocenters. The van der Waals surface area contributed by atoms with Crippen LogP contribution in [0, 0.1) is 11.7 Å². The van der Waals surface area contributed by atoms with Crippen molar-refractivity contribution in [1.82, 2.24) is 5.32 Å². The largest absolute Gasteiger partial charge is 0.488 e. The number of hydrogen-bond acceptors (Lipinski definition) is 3. The first-order valence-electron chi connectivity index (χ1n) is 7.16. The third-order valence-corrected chi connectivity index (χ3v) is 3.73. The fourth-order valence-electron chi connectivity index (χ4n) is 1.72. The molecule has 0 aliphatic heterocycles. The Morgan fingerprint density at radius 1 is 1.35 bits per heavy atom. The molecule has 0 amide bonds. The second-order valence-corrected chi connectivity index (χ2v) is 5.77. The van der Waals surface area contributed by atoms with Crippen LogP contribution in [0.4, 0.5) is 4.39 Å². The van der Waals surface area contributed by atoms with E-state index in [1.165, 1.54) is 6.07 Å². The lowest BCUT2D eigenvalue weighted by Gasteiger charge is -2.27. The first-order chi connectivity index (χ1) is 9.27.